The number of benzene rings is 1. The van der Waals surface area contributed by atoms with Gasteiger partial charge in [0.15, 0.2) is 0 Å². The lowest BCUT2D eigenvalue weighted by Gasteiger charge is -2.07. The molecule has 6 nitrogen and oxygen atoms in total. The Kier molecular flexibility index (Phi) is 9.00. The monoisotopic (exact) mass is 396 g/mol. The van der Waals surface area contributed by atoms with Gasteiger partial charge in [0, 0.05) is 25.0 Å². The van der Waals surface area contributed by atoms with Crippen molar-refractivity contribution in [1.82, 2.24) is 10.3 Å². The molecule has 26 heavy (non-hydrogen) atoms. The van der Waals surface area contributed by atoms with Crippen molar-refractivity contribution in [2.75, 3.05) is 35.5 Å². The zero-order chi connectivity index (χ0) is 18.8. The summed E-state index contributed by atoms with van der Waals surface area (Å²) >= 11 is 3.26. The van der Waals surface area contributed by atoms with Crippen LogP contribution in [0.1, 0.15) is 39.0 Å². The second-order valence-electron chi connectivity index (χ2n) is 6.11. The molecule has 0 atom stereocenters. The number of hydrogen-bond donors (Lipinski definition) is 3. The Labute approximate surface area is 163 Å². The standard InChI is InChI=1S/C18H28N4O2S2/c1-3-4-5-6-7-11-25-12-10-19-17(23)20-14-8-9-15-16(13-14)26-18(21-15)22(2)24/h8-9,13,24H,3-7,10-12H2,1-2H3,(H2,19,20,23). The van der Waals surface area contributed by atoms with Crippen LogP contribution in [0.5, 0.6) is 0 Å². The van der Waals surface area contributed by atoms with Crippen LogP contribution in [0.4, 0.5) is 15.6 Å². The topological polar surface area (TPSA) is 77.5 Å². The number of aromatic nitrogens is 1. The Hall–Kier alpha value is -1.51. The fraction of sp³-hybridized carbons (Fsp3) is 0.556. The van der Waals surface area contributed by atoms with E-state index in [4.69, 9.17) is 0 Å². The number of amides is 2. The van der Waals surface area contributed by atoms with Gasteiger partial charge in [-0.15, -0.1) is 0 Å². The number of carbonyl (C=O) groups is 1. The minimum absolute atomic E-state index is 0.197. The van der Waals surface area contributed by atoms with Crippen LogP contribution in [0.25, 0.3) is 10.2 Å². The molecule has 0 aliphatic carbocycles. The van der Waals surface area contributed by atoms with Gasteiger partial charge in [-0.2, -0.15) is 11.8 Å². The van der Waals surface area contributed by atoms with Gasteiger partial charge < -0.3 is 10.6 Å². The van der Waals surface area contributed by atoms with Gasteiger partial charge in [-0.3, -0.25) is 5.21 Å². The highest BCUT2D eigenvalue weighted by atomic mass is 32.2. The van der Waals surface area contributed by atoms with E-state index in [2.05, 4.69) is 22.5 Å². The van der Waals surface area contributed by atoms with Crippen molar-refractivity contribution in [3.63, 3.8) is 0 Å². The average molecular weight is 397 g/mol. The van der Waals surface area contributed by atoms with Gasteiger partial charge in [0.1, 0.15) is 0 Å². The summed E-state index contributed by atoms with van der Waals surface area (Å²) in [5.41, 5.74) is 1.52. The Balaban J connectivity index is 1.65. The zero-order valence-electron chi connectivity index (χ0n) is 15.5. The van der Waals surface area contributed by atoms with Crippen LogP contribution >= 0.6 is 23.1 Å². The summed E-state index contributed by atoms with van der Waals surface area (Å²) in [4.78, 5) is 16.3. The first kappa shape index (κ1) is 20.8. The number of hydrogen-bond acceptors (Lipinski definition) is 6. The number of hydroxylamine groups is 1. The molecule has 0 unspecified atom stereocenters. The molecule has 0 aliphatic rings. The zero-order valence-corrected chi connectivity index (χ0v) is 17.1. The molecule has 144 valence electrons. The van der Waals surface area contributed by atoms with Crippen molar-refractivity contribution in [2.45, 2.75) is 39.0 Å². The molecule has 0 saturated heterocycles. The summed E-state index contributed by atoms with van der Waals surface area (Å²) in [7, 11) is 1.54. The number of unbranched alkanes of at least 4 members (excludes halogenated alkanes) is 4. The molecule has 1 heterocycles. The number of fused-ring (bicyclic) bond motifs is 1. The molecule has 8 heteroatoms. The molecule has 2 amide bonds. The second kappa shape index (κ2) is 11.3. The number of anilines is 2. The van der Waals surface area contributed by atoms with Crippen LogP contribution in [-0.4, -0.2) is 41.3 Å². The predicted molar refractivity (Wildman–Crippen MR) is 113 cm³/mol. The van der Waals surface area contributed by atoms with Crippen LogP contribution in [0.15, 0.2) is 18.2 Å². The van der Waals surface area contributed by atoms with Crippen molar-refractivity contribution >= 4 is 50.2 Å². The minimum atomic E-state index is -0.197. The first-order valence-corrected chi connectivity index (χ1v) is 11.0. The third kappa shape index (κ3) is 7.01. The van der Waals surface area contributed by atoms with E-state index in [1.165, 1.54) is 50.5 Å². The third-order valence-corrected chi connectivity index (χ3v) is 5.99. The molecule has 0 bridgehead atoms. The Morgan fingerprint density at radius 3 is 2.85 bits per heavy atom. The smallest absolute Gasteiger partial charge is 0.319 e. The highest BCUT2D eigenvalue weighted by Crippen LogP contribution is 2.29. The number of carbonyl (C=O) groups excluding carboxylic acids is 1. The van der Waals surface area contributed by atoms with Gasteiger partial charge in [0.05, 0.1) is 10.2 Å². The molecule has 0 radical (unpaired) electrons. The number of thiazole rings is 1. The van der Waals surface area contributed by atoms with Crippen molar-refractivity contribution in [3.05, 3.63) is 18.2 Å². The van der Waals surface area contributed by atoms with Crippen LogP contribution < -0.4 is 15.7 Å². The Bertz CT molecular complexity index is 691. The van der Waals surface area contributed by atoms with E-state index in [9.17, 15) is 10.0 Å². The van der Waals surface area contributed by atoms with E-state index in [1.807, 2.05) is 30.0 Å². The minimum Gasteiger partial charge on any atom is -0.337 e. The summed E-state index contributed by atoms with van der Waals surface area (Å²) in [6, 6.07) is 5.32. The normalized spacial score (nSPS) is 10.9. The second-order valence-corrected chi connectivity index (χ2v) is 8.34. The molecular formula is C18H28N4O2S2. The van der Waals surface area contributed by atoms with Gasteiger partial charge in [0.25, 0.3) is 0 Å². The van der Waals surface area contributed by atoms with E-state index < -0.39 is 0 Å². The maximum atomic E-state index is 12.0. The number of thioether (sulfide) groups is 1. The van der Waals surface area contributed by atoms with Gasteiger partial charge in [-0.1, -0.05) is 43.9 Å². The fourth-order valence-corrected chi connectivity index (χ4v) is 4.19. The maximum Gasteiger partial charge on any atom is 0.319 e. The van der Waals surface area contributed by atoms with Crippen molar-refractivity contribution < 1.29 is 10.0 Å². The fourth-order valence-electron chi connectivity index (χ4n) is 2.45. The molecule has 1 aromatic heterocycles. The van der Waals surface area contributed by atoms with Crippen molar-refractivity contribution in [3.8, 4) is 0 Å². The Morgan fingerprint density at radius 1 is 1.27 bits per heavy atom. The first-order valence-electron chi connectivity index (χ1n) is 9.06. The molecule has 0 spiro atoms. The number of nitrogens with zero attached hydrogens (tertiary/aromatic N) is 2. The molecule has 3 N–H and O–H groups in total. The van der Waals surface area contributed by atoms with E-state index in [1.54, 1.807) is 0 Å². The van der Waals surface area contributed by atoms with Crippen LogP contribution in [-0.2, 0) is 0 Å². The number of urea groups is 1. The molecule has 0 fully saturated rings. The van der Waals surface area contributed by atoms with Crippen LogP contribution in [0.2, 0.25) is 0 Å². The van der Waals surface area contributed by atoms with Crippen LogP contribution in [0.3, 0.4) is 0 Å². The van der Waals surface area contributed by atoms with Crippen LogP contribution in [0, 0.1) is 0 Å². The summed E-state index contributed by atoms with van der Waals surface area (Å²) in [6.07, 6.45) is 6.51. The summed E-state index contributed by atoms with van der Waals surface area (Å²) in [5, 5.41) is 16.7. The van der Waals surface area contributed by atoms with E-state index in [-0.39, 0.29) is 6.03 Å². The number of nitrogens with one attached hydrogen (secondary N) is 2. The average Bonchev–Trinajstić information content (AvgIpc) is 3.04. The van der Waals surface area contributed by atoms with Gasteiger partial charge in [-0.05, 0) is 30.4 Å². The summed E-state index contributed by atoms with van der Waals surface area (Å²) < 4.78 is 0.914. The molecular weight excluding hydrogens is 368 g/mol. The van der Waals surface area contributed by atoms with Gasteiger partial charge in [0.2, 0.25) is 5.13 Å². The third-order valence-electron chi connectivity index (χ3n) is 3.84. The quantitative estimate of drug-likeness (QED) is 0.370. The predicted octanol–water partition coefficient (Wildman–Crippen LogP) is 4.95. The largest absolute Gasteiger partial charge is 0.337 e. The van der Waals surface area contributed by atoms with Gasteiger partial charge >= 0.3 is 6.03 Å². The van der Waals surface area contributed by atoms with E-state index in [0.717, 1.165) is 32.5 Å². The van der Waals surface area contributed by atoms with Gasteiger partial charge in [-0.25, -0.2) is 14.8 Å². The molecule has 1 aromatic carbocycles. The van der Waals surface area contributed by atoms with Crippen molar-refractivity contribution in [1.29, 1.82) is 0 Å². The molecule has 2 aromatic rings. The lowest BCUT2D eigenvalue weighted by molar-refractivity contribution is 0.252. The summed E-state index contributed by atoms with van der Waals surface area (Å²) in [6.45, 7) is 2.89. The molecule has 0 aliphatic heterocycles. The lowest BCUT2D eigenvalue weighted by Crippen LogP contribution is -2.30. The van der Waals surface area contributed by atoms with Crippen molar-refractivity contribution in [2.24, 2.45) is 0 Å². The molecule has 0 saturated carbocycles. The molecule has 2 rings (SSSR count). The highest BCUT2D eigenvalue weighted by molar-refractivity contribution is 7.99. The highest BCUT2D eigenvalue weighted by Gasteiger charge is 2.08. The van der Waals surface area contributed by atoms with E-state index in [0.29, 0.717) is 11.7 Å². The Morgan fingerprint density at radius 2 is 2.08 bits per heavy atom. The number of rotatable bonds is 11. The maximum absolute atomic E-state index is 12.0. The van der Waals surface area contributed by atoms with E-state index >= 15 is 0 Å². The summed E-state index contributed by atoms with van der Waals surface area (Å²) in [5.74, 6) is 2.10. The SMILES string of the molecule is CCCCCCCSCCNC(=O)Nc1ccc2nc(N(C)O)sc2c1. The lowest BCUT2D eigenvalue weighted by atomic mass is 10.2. The first-order chi connectivity index (χ1) is 12.6.